The highest BCUT2D eigenvalue weighted by molar-refractivity contribution is 6.30. The third-order valence-corrected chi connectivity index (χ3v) is 26.8. The molecule has 18 rings (SSSR count). The Labute approximate surface area is 842 Å². The highest BCUT2D eigenvalue weighted by Crippen LogP contribution is 2.40. The van der Waals surface area contributed by atoms with Crippen molar-refractivity contribution in [2.75, 3.05) is 126 Å². The summed E-state index contributed by atoms with van der Waals surface area (Å²) in [5.74, 6) is 2.61. The van der Waals surface area contributed by atoms with E-state index in [0.717, 1.165) is 103 Å². The number of aliphatic hydroxyl groups excluding tert-OH is 1. The number of nitrogens with one attached hydrogen (secondary N) is 3. The van der Waals surface area contributed by atoms with Crippen molar-refractivity contribution in [1.82, 2.24) is 72.1 Å². The van der Waals surface area contributed by atoms with Crippen LogP contribution < -0.4 is 53.1 Å². The maximum atomic E-state index is 13.4. The zero-order valence-electron chi connectivity index (χ0n) is 84.2. The summed E-state index contributed by atoms with van der Waals surface area (Å²) < 4.78 is 60.0. The Morgan fingerprint density at radius 1 is 0.438 bits per heavy atom. The largest absolute Gasteiger partial charge is 0.443 e. The fourth-order valence-corrected chi connectivity index (χ4v) is 18.3. The topological polar surface area (TPSA) is 481 Å². The summed E-state index contributed by atoms with van der Waals surface area (Å²) in [5, 5.41) is 36.6. The van der Waals surface area contributed by atoms with E-state index in [1.807, 2.05) is 6.07 Å². The standard InChI is InChI=1S/C29H38N6O6.C24H30N6O4.C19H25ClN4O4.C18H23ClN4O4.C10H14N2O2/c1-29(2,3)41-28(38)33(4)25-15-24(31-21-9-6-12-34(27(21)37)19-8-7-13-40-17-19)32-26-20(16-30-35(25)26)22(36)14-18-10-11-23(18)39-5;1-25-22-12-21(27-18-6-3-9-29(24(18)32)16-5-4-10-34-14-16)28-23-17(13-26-30(22)23)19(31)11-15-7-8-20(15)33-2;1-19(2,3)28-18(26)23(4)16-9-15(20)22-17-12(10-21-24(16)17)13(25)8-11-6-7-14(11)27-5;1-18(2,3)27-17(26)22(4)15-8-14(19)21-16-11(9-20-23(15)16)13(25)7-10-5-6-12(10)24;11-9-4-1-5-12(10(9)13)8-3-2-6-14-7-8/h6,9,12,15-16,18-19,23H,7-8,10-11,13-14,17H2,1-5H3,(H,31,32);3,6,9,12-13,15-16,20,25H,4-5,7-8,10-11,14H2,1-2H3,(H,27,28);9-11,14H,6-8H2,1-5H3;8-10,12,24H,5-7H2,1-4H3;1,4-5,8H,2-3,6-7,11H2/t18?,19-,23-;15?,16-,20-;11?,14-;10?,12-;8-/m11111/s1. The number of anilines is 9. The molecule has 6 N–H and O–H groups in total. The van der Waals surface area contributed by atoms with Crippen LogP contribution in [0.3, 0.4) is 0 Å². The molecule has 0 aromatic carbocycles. The van der Waals surface area contributed by atoms with Gasteiger partial charge in [-0.1, -0.05) is 23.2 Å². The number of carbonyl (C=O) groups is 7. The predicted octanol–water partition coefficient (Wildman–Crippen LogP) is 15.0. The summed E-state index contributed by atoms with van der Waals surface area (Å²) in [6.07, 6.45) is 23.6. The lowest BCUT2D eigenvalue weighted by molar-refractivity contribution is -0.0171. The maximum absolute atomic E-state index is 13.4. The number of Topliss-reactive ketones (excluding diaryl/α,β-unsaturated/α-hetero) is 4. The number of rotatable bonds is 26. The molecule has 11 aromatic rings. The molecule has 3 amide bonds. The summed E-state index contributed by atoms with van der Waals surface area (Å²) in [5.41, 5.74) is 6.90. The number of halogens is 2. The fourth-order valence-electron chi connectivity index (χ4n) is 18.0. The van der Waals surface area contributed by atoms with E-state index in [4.69, 9.17) is 71.6 Å². The van der Waals surface area contributed by atoms with Gasteiger partial charge in [0.15, 0.2) is 45.7 Å². The first-order chi connectivity index (χ1) is 68.6. The zero-order valence-corrected chi connectivity index (χ0v) is 85.7. The molecule has 0 radical (unpaired) electrons. The van der Waals surface area contributed by atoms with E-state index in [1.54, 1.807) is 190 Å². The first kappa shape index (κ1) is 107. The Bertz CT molecular complexity index is 6650. The Morgan fingerprint density at radius 3 is 1.07 bits per heavy atom. The van der Waals surface area contributed by atoms with Crippen LogP contribution in [0.4, 0.5) is 66.4 Å². The van der Waals surface area contributed by atoms with Crippen LogP contribution in [0.5, 0.6) is 0 Å². The number of ketones is 4. The van der Waals surface area contributed by atoms with Crippen LogP contribution in [0.1, 0.15) is 237 Å². The summed E-state index contributed by atoms with van der Waals surface area (Å²) >= 11 is 12.3. The predicted molar refractivity (Wildman–Crippen MR) is 541 cm³/mol. The van der Waals surface area contributed by atoms with E-state index < -0.39 is 41.2 Å². The third-order valence-electron chi connectivity index (χ3n) is 26.4. The monoisotopic (exact) mass is 2030 g/mol. The highest BCUT2D eigenvalue weighted by atomic mass is 35.5. The fraction of sp³-hybridized carbons (Fsp3) is 0.540. The molecule has 11 atom stereocenters. The number of aliphatic hydroxyl groups is 1. The normalized spacial score (nSPS) is 20.8. The van der Waals surface area contributed by atoms with Gasteiger partial charge in [-0.05, 0) is 212 Å². The van der Waals surface area contributed by atoms with E-state index in [9.17, 15) is 53.1 Å². The van der Waals surface area contributed by atoms with E-state index in [0.29, 0.717) is 125 Å². The van der Waals surface area contributed by atoms with Crippen LogP contribution in [0.25, 0.3) is 22.6 Å². The van der Waals surface area contributed by atoms with Crippen molar-refractivity contribution in [3.8, 4) is 0 Å². The van der Waals surface area contributed by atoms with Gasteiger partial charge >= 0.3 is 18.3 Å². The average molecular weight is 2030 g/mol. The first-order valence-electron chi connectivity index (χ1n) is 48.6. The number of carbonyl (C=O) groups excluding carboxylic acids is 7. The molecule has 0 spiro atoms. The Kier molecular flexibility index (Phi) is 34.6. The summed E-state index contributed by atoms with van der Waals surface area (Å²) in [4.78, 5) is 150. The molecule has 42 nitrogen and oxygen atoms in total. The Balaban J connectivity index is 0.000000147. The second kappa shape index (κ2) is 46.6. The number of fused-ring (bicyclic) bond motifs is 4. The van der Waals surface area contributed by atoms with E-state index in [1.165, 1.54) is 66.0 Å². The van der Waals surface area contributed by atoms with Crippen molar-refractivity contribution < 1.29 is 81.3 Å². The highest BCUT2D eigenvalue weighted by Gasteiger charge is 2.40. The number of nitrogens with two attached hydrogens (primary N) is 1. The van der Waals surface area contributed by atoms with Crippen molar-refractivity contribution in [3.63, 3.8) is 0 Å². The number of methoxy groups -OCH3 is 3. The molecule has 14 heterocycles. The molecule has 4 saturated carbocycles. The van der Waals surface area contributed by atoms with Gasteiger partial charge in [0.05, 0.1) is 115 Å². The van der Waals surface area contributed by atoms with Crippen molar-refractivity contribution in [2.45, 2.75) is 237 Å². The number of hydrogen-bond donors (Lipinski definition) is 5. The number of aromatic nitrogens is 15. The molecule has 3 saturated heterocycles. The van der Waals surface area contributed by atoms with Crippen LogP contribution >= 0.6 is 23.2 Å². The minimum atomic E-state index is -0.720. The van der Waals surface area contributed by atoms with Gasteiger partial charge in [-0.15, -0.1) is 0 Å². The van der Waals surface area contributed by atoms with Gasteiger partial charge in [-0.2, -0.15) is 38.5 Å². The number of ether oxygens (including phenoxy) is 9. The van der Waals surface area contributed by atoms with Gasteiger partial charge in [0.25, 0.3) is 16.7 Å². The smallest absolute Gasteiger partial charge is 0.415 e. The molecule has 7 aliphatic rings. The molecule has 774 valence electrons. The van der Waals surface area contributed by atoms with E-state index >= 15 is 0 Å². The average Bonchev–Trinajstić information content (AvgIpc) is 1.93. The molecular formula is C100H130Cl2N22O20. The lowest BCUT2D eigenvalue weighted by Gasteiger charge is -2.34. The number of hydrogen-bond acceptors (Lipinski definition) is 32. The molecule has 4 aliphatic carbocycles. The minimum absolute atomic E-state index is 0.00665. The van der Waals surface area contributed by atoms with Crippen LogP contribution in [-0.4, -0.2) is 249 Å². The van der Waals surface area contributed by atoms with Gasteiger partial charge in [-0.25, -0.2) is 34.3 Å². The van der Waals surface area contributed by atoms with E-state index in [-0.39, 0.29) is 134 Å². The molecule has 4 unspecified atom stereocenters. The molecule has 7 fully saturated rings. The van der Waals surface area contributed by atoms with Gasteiger partial charge in [0.1, 0.15) is 73.4 Å². The lowest BCUT2D eigenvalue weighted by Crippen LogP contribution is -2.35. The molecule has 44 heteroatoms. The molecule has 3 aliphatic heterocycles. The molecule has 144 heavy (non-hydrogen) atoms. The van der Waals surface area contributed by atoms with Gasteiger partial charge in [0, 0.05) is 138 Å². The number of pyridine rings is 3. The number of nitrogen functional groups attached to an aromatic ring is 1. The summed E-state index contributed by atoms with van der Waals surface area (Å²) in [6, 6.07) is 16.9. The van der Waals surface area contributed by atoms with Gasteiger partial charge in [-0.3, -0.25) is 48.3 Å². The Hall–Kier alpha value is -12.7. The zero-order chi connectivity index (χ0) is 104. The van der Waals surface area contributed by atoms with Crippen LogP contribution in [0.15, 0.2) is 118 Å². The van der Waals surface area contributed by atoms with Crippen LogP contribution in [0, 0.1) is 23.7 Å². The van der Waals surface area contributed by atoms with Crippen molar-refractivity contribution in [3.05, 3.63) is 168 Å². The number of nitrogens with zero attached hydrogens (tertiary/aromatic N) is 18. The second-order valence-electron chi connectivity index (χ2n) is 40.0. The van der Waals surface area contributed by atoms with Crippen molar-refractivity contribution >= 4 is 139 Å². The van der Waals surface area contributed by atoms with Crippen molar-refractivity contribution in [1.29, 1.82) is 0 Å². The van der Waals surface area contributed by atoms with Crippen LogP contribution in [-0.2, 0) is 42.6 Å². The van der Waals surface area contributed by atoms with Gasteiger partial charge < -0.3 is 83.1 Å². The SMILES string of the molecule is CN(C(=O)OC(C)(C)C)c1cc(Cl)nc2c(C(=O)CC3CC[C@H]3O)cnn12.CNc1cc(Nc2cccn([C@@H]3CCCOC3)c2=O)nc2c(C(=O)CC3CC[C@H]3OC)cnn12.CO[C@@H]1CCC1CC(=O)c1cnn2c(N(C)C(=O)OC(C)(C)C)cc(Cl)nc12.CO[C@@H]1CCC1CC(=O)c1cnn2c(N(C)C(=O)OC(C)(C)C)cc(Nc3cccn([C@@H]4CCCOC4)c3=O)nc12.Nc1cccn([C@@H]2CCCOC2)c1=O. The Morgan fingerprint density at radius 2 is 0.757 bits per heavy atom. The molecule has 11 aromatic heterocycles. The molecule has 0 bridgehead atoms. The van der Waals surface area contributed by atoms with Gasteiger partial charge in [0.2, 0.25) is 0 Å². The second-order valence-corrected chi connectivity index (χ2v) is 40.8. The first-order valence-corrected chi connectivity index (χ1v) is 49.4. The van der Waals surface area contributed by atoms with E-state index in [2.05, 4.69) is 56.3 Å². The minimum Gasteiger partial charge on any atom is -0.443 e. The maximum Gasteiger partial charge on any atom is 0.415 e. The molecular weight excluding hydrogens is 1900 g/mol. The van der Waals surface area contributed by atoms with Crippen molar-refractivity contribution in [2.24, 2.45) is 23.7 Å². The van der Waals surface area contributed by atoms with Crippen LogP contribution in [0.2, 0.25) is 10.3 Å². The lowest BCUT2D eigenvalue weighted by atomic mass is 9.78. The summed E-state index contributed by atoms with van der Waals surface area (Å²) in [6.45, 7) is 19.9. The summed E-state index contributed by atoms with van der Waals surface area (Å²) in [7, 11) is 11.4. The number of amides is 3. The quantitative estimate of drug-likeness (QED) is 0.0191. The third kappa shape index (κ3) is 25.6.